The fourth-order valence-corrected chi connectivity index (χ4v) is 1.60. The first-order chi connectivity index (χ1) is 5.93. The molecule has 0 unspecified atom stereocenters. The van der Waals surface area contributed by atoms with Crippen molar-refractivity contribution in [2.24, 2.45) is 0 Å². The van der Waals surface area contributed by atoms with E-state index in [4.69, 9.17) is 0 Å². The van der Waals surface area contributed by atoms with E-state index < -0.39 is 26.9 Å². The summed E-state index contributed by atoms with van der Waals surface area (Å²) in [4.78, 5) is 6.62. The largest absolute Gasteiger partial charge is 0.268 e. The molecule has 0 amide bonds. The van der Waals surface area contributed by atoms with Crippen LogP contribution in [0.1, 0.15) is 12.0 Å². The van der Waals surface area contributed by atoms with Crippen LogP contribution in [0.4, 0.5) is 8.78 Å². The molecule has 0 aromatic carbocycles. The molecule has 0 saturated carbocycles. The zero-order valence-electron chi connectivity index (χ0n) is 6.61. The Balaban J connectivity index is 3.37. The van der Waals surface area contributed by atoms with Crippen LogP contribution in [0.5, 0.6) is 0 Å². The Bertz CT molecular complexity index is 405. The van der Waals surface area contributed by atoms with Gasteiger partial charge in [0, 0.05) is 12.5 Å². The van der Waals surface area contributed by atoms with Gasteiger partial charge < -0.3 is 0 Å². The summed E-state index contributed by atoms with van der Waals surface area (Å²) in [5, 5.41) is -0.613. The lowest BCUT2D eigenvalue weighted by Gasteiger charge is -2.03. The highest BCUT2D eigenvalue weighted by Crippen LogP contribution is 2.23. The van der Waals surface area contributed by atoms with Crippen molar-refractivity contribution in [2.45, 2.75) is 11.5 Å². The highest BCUT2D eigenvalue weighted by Gasteiger charge is 2.21. The van der Waals surface area contributed by atoms with E-state index in [1.165, 1.54) is 0 Å². The summed E-state index contributed by atoms with van der Waals surface area (Å²) < 4.78 is 46.3. The number of hydrogen-bond acceptors (Lipinski definition) is 4. The number of hydrogen-bond donors (Lipinski definition) is 0. The molecule has 0 aliphatic rings. The molecular formula is C6H6F2N2O2S. The molecule has 0 saturated heterocycles. The summed E-state index contributed by atoms with van der Waals surface area (Å²) >= 11 is 0. The first kappa shape index (κ1) is 9.97. The second-order valence-corrected chi connectivity index (χ2v) is 4.29. The van der Waals surface area contributed by atoms with Gasteiger partial charge in [0.2, 0.25) is 0 Å². The molecule has 1 heterocycles. The van der Waals surface area contributed by atoms with Crippen molar-refractivity contribution in [3.8, 4) is 0 Å². The predicted molar refractivity (Wildman–Crippen MR) is 40.1 cm³/mol. The molecule has 7 heteroatoms. The van der Waals surface area contributed by atoms with Crippen LogP contribution in [-0.2, 0) is 9.84 Å². The minimum absolute atomic E-state index is 0.613. The number of alkyl halides is 2. The lowest BCUT2D eigenvalue weighted by atomic mass is 10.4. The Morgan fingerprint density at radius 3 is 2.46 bits per heavy atom. The van der Waals surface area contributed by atoms with E-state index in [0.717, 1.165) is 18.8 Å². The number of sulfone groups is 1. The molecular weight excluding hydrogens is 202 g/mol. The van der Waals surface area contributed by atoms with Crippen molar-refractivity contribution < 1.29 is 17.2 Å². The van der Waals surface area contributed by atoms with Gasteiger partial charge >= 0.3 is 0 Å². The summed E-state index contributed by atoms with van der Waals surface area (Å²) in [6, 6.07) is 0. The zero-order chi connectivity index (χ0) is 10.1. The molecule has 0 spiro atoms. The molecule has 72 valence electrons. The van der Waals surface area contributed by atoms with Crippen molar-refractivity contribution >= 4 is 9.84 Å². The second kappa shape index (κ2) is 3.33. The third kappa shape index (κ3) is 2.18. The molecule has 0 bridgehead atoms. The van der Waals surface area contributed by atoms with E-state index in [2.05, 4.69) is 9.97 Å². The molecule has 0 atom stereocenters. The smallest absolute Gasteiger partial charge is 0.244 e. The summed E-state index contributed by atoms with van der Waals surface area (Å²) in [6.45, 7) is 0. The fourth-order valence-electron chi connectivity index (χ4n) is 0.789. The van der Waals surface area contributed by atoms with Crippen molar-refractivity contribution in [1.82, 2.24) is 9.97 Å². The van der Waals surface area contributed by atoms with Gasteiger partial charge in [0.25, 0.3) is 6.43 Å². The SMILES string of the molecule is CS(=O)(=O)c1ncncc1C(F)F. The maximum Gasteiger partial charge on any atom is 0.268 e. The Morgan fingerprint density at radius 2 is 2.08 bits per heavy atom. The van der Waals surface area contributed by atoms with Crippen molar-refractivity contribution in [3.63, 3.8) is 0 Å². The van der Waals surface area contributed by atoms with Crippen molar-refractivity contribution in [1.29, 1.82) is 0 Å². The molecule has 1 aromatic heterocycles. The Hall–Kier alpha value is -1.11. The van der Waals surface area contributed by atoms with Gasteiger partial charge in [0.1, 0.15) is 6.33 Å². The van der Waals surface area contributed by atoms with Gasteiger partial charge in [0.05, 0.1) is 5.56 Å². The van der Waals surface area contributed by atoms with Crippen LogP contribution in [0, 0.1) is 0 Å². The molecule has 0 aliphatic heterocycles. The normalized spacial score (nSPS) is 12.0. The summed E-state index contributed by atoms with van der Waals surface area (Å²) in [7, 11) is -3.71. The third-order valence-electron chi connectivity index (χ3n) is 1.29. The van der Waals surface area contributed by atoms with Gasteiger partial charge in [-0.05, 0) is 0 Å². The second-order valence-electron chi connectivity index (χ2n) is 2.36. The van der Waals surface area contributed by atoms with Crippen LogP contribution in [0.2, 0.25) is 0 Å². The quantitative estimate of drug-likeness (QED) is 0.675. The minimum Gasteiger partial charge on any atom is -0.244 e. The summed E-state index contributed by atoms with van der Waals surface area (Å²) in [5.74, 6) is 0. The third-order valence-corrected chi connectivity index (χ3v) is 2.33. The standard InChI is InChI=1S/C6H6F2N2O2S/c1-13(11,12)6-4(5(7)8)2-9-3-10-6/h2-3,5H,1H3. The number of rotatable bonds is 2. The van der Waals surface area contributed by atoms with Gasteiger partial charge in [-0.1, -0.05) is 0 Å². The van der Waals surface area contributed by atoms with Crippen LogP contribution in [0.3, 0.4) is 0 Å². The van der Waals surface area contributed by atoms with Crippen LogP contribution >= 0.6 is 0 Å². The van der Waals surface area contributed by atoms with Crippen LogP contribution in [0.15, 0.2) is 17.6 Å². The molecule has 0 aliphatic carbocycles. The van der Waals surface area contributed by atoms with Crippen LogP contribution < -0.4 is 0 Å². The highest BCUT2D eigenvalue weighted by molar-refractivity contribution is 7.90. The van der Waals surface area contributed by atoms with Gasteiger partial charge in [0.15, 0.2) is 14.9 Å². The molecule has 1 rings (SSSR count). The monoisotopic (exact) mass is 208 g/mol. The number of halogens is 2. The van der Waals surface area contributed by atoms with E-state index in [1.807, 2.05) is 0 Å². The van der Waals surface area contributed by atoms with Gasteiger partial charge in [-0.2, -0.15) is 0 Å². The summed E-state index contributed by atoms with van der Waals surface area (Å²) in [6.07, 6.45) is -0.344. The van der Waals surface area contributed by atoms with E-state index in [9.17, 15) is 17.2 Å². The molecule has 0 fully saturated rings. The molecule has 4 nitrogen and oxygen atoms in total. The van der Waals surface area contributed by atoms with Gasteiger partial charge in [-0.3, -0.25) is 0 Å². The molecule has 13 heavy (non-hydrogen) atoms. The Morgan fingerprint density at radius 1 is 1.46 bits per heavy atom. The van der Waals surface area contributed by atoms with Crippen LogP contribution in [0.25, 0.3) is 0 Å². The average Bonchev–Trinajstić information content (AvgIpc) is 2.03. The molecule has 1 aromatic rings. The van der Waals surface area contributed by atoms with E-state index in [0.29, 0.717) is 0 Å². The predicted octanol–water partition coefficient (Wildman–Crippen LogP) is 0.818. The Kier molecular flexibility index (Phi) is 2.55. The zero-order valence-corrected chi connectivity index (χ0v) is 7.42. The average molecular weight is 208 g/mol. The van der Waals surface area contributed by atoms with E-state index >= 15 is 0 Å². The topological polar surface area (TPSA) is 59.9 Å². The molecule has 0 N–H and O–H groups in total. The van der Waals surface area contributed by atoms with Gasteiger partial charge in [-0.15, -0.1) is 0 Å². The number of nitrogens with zero attached hydrogens (tertiary/aromatic N) is 2. The van der Waals surface area contributed by atoms with E-state index in [1.54, 1.807) is 0 Å². The first-order valence-electron chi connectivity index (χ1n) is 3.21. The fraction of sp³-hybridized carbons (Fsp3) is 0.333. The maximum absolute atomic E-state index is 12.2. The molecule has 0 radical (unpaired) electrons. The highest BCUT2D eigenvalue weighted by atomic mass is 32.2. The van der Waals surface area contributed by atoms with Crippen molar-refractivity contribution in [3.05, 3.63) is 18.1 Å². The minimum atomic E-state index is -3.71. The lowest BCUT2D eigenvalue weighted by Crippen LogP contribution is -2.06. The van der Waals surface area contributed by atoms with Gasteiger partial charge in [-0.25, -0.2) is 27.2 Å². The van der Waals surface area contributed by atoms with E-state index in [-0.39, 0.29) is 0 Å². The lowest BCUT2D eigenvalue weighted by molar-refractivity contribution is 0.146. The number of aromatic nitrogens is 2. The first-order valence-corrected chi connectivity index (χ1v) is 5.10. The Labute approximate surface area is 73.6 Å². The van der Waals surface area contributed by atoms with Crippen LogP contribution in [-0.4, -0.2) is 24.6 Å². The summed E-state index contributed by atoms with van der Waals surface area (Å²) in [5.41, 5.74) is -0.662. The van der Waals surface area contributed by atoms with Crippen molar-refractivity contribution in [2.75, 3.05) is 6.26 Å². The maximum atomic E-state index is 12.2.